The number of fused-ring (bicyclic) bond motifs is 2. The van der Waals surface area contributed by atoms with Crippen LogP contribution >= 0.6 is 0 Å². The van der Waals surface area contributed by atoms with Crippen LogP contribution in [0, 0.1) is 6.92 Å². The van der Waals surface area contributed by atoms with Crippen molar-refractivity contribution >= 4 is 22.6 Å². The molecule has 1 aromatic carbocycles. The minimum atomic E-state index is 0.00927. The first-order chi connectivity index (χ1) is 14.5. The first-order valence-electron chi connectivity index (χ1n) is 10.7. The molecule has 1 atom stereocenters. The number of aromatic nitrogens is 4. The molecule has 1 saturated heterocycles. The van der Waals surface area contributed by atoms with Gasteiger partial charge >= 0.3 is 0 Å². The maximum absolute atomic E-state index is 13.3. The van der Waals surface area contributed by atoms with Gasteiger partial charge < -0.3 is 13.9 Å². The van der Waals surface area contributed by atoms with E-state index in [1.807, 2.05) is 46.8 Å². The molecule has 0 unspecified atom stereocenters. The van der Waals surface area contributed by atoms with Gasteiger partial charge in [0, 0.05) is 37.4 Å². The van der Waals surface area contributed by atoms with E-state index in [9.17, 15) is 4.79 Å². The van der Waals surface area contributed by atoms with Gasteiger partial charge in [-0.05, 0) is 57.4 Å². The molecule has 5 rings (SSSR count). The van der Waals surface area contributed by atoms with Gasteiger partial charge in [-0.3, -0.25) is 4.79 Å². The molecular formula is C24H27N5O. The van der Waals surface area contributed by atoms with E-state index < -0.39 is 0 Å². The number of carbonyl (C=O) groups excluding carboxylic acids is 1. The molecule has 4 aromatic rings. The Labute approximate surface area is 176 Å². The second-order valence-corrected chi connectivity index (χ2v) is 8.56. The Kier molecular flexibility index (Phi) is 4.57. The van der Waals surface area contributed by atoms with Crippen LogP contribution in [0.3, 0.4) is 0 Å². The van der Waals surface area contributed by atoms with Crippen molar-refractivity contribution in [2.45, 2.75) is 45.6 Å². The number of rotatable bonds is 3. The number of para-hydroxylation sites is 2. The smallest absolute Gasteiger partial charge is 0.274 e. The van der Waals surface area contributed by atoms with E-state index in [0.29, 0.717) is 18.3 Å². The monoisotopic (exact) mass is 401 g/mol. The summed E-state index contributed by atoms with van der Waals surface area (Å²) in [6.45, 7) is 7.86. The van der Waals surface area contributed by atoms with Crippen LogP contribution in [-0.4, -0.2) is 42.8 Å². The molecule has 0 radical (unpaired) electrons. The van der Waals surface area contributed by atoms with Crippen LogP contribution in [0.4, 0.5) is 0 Å². The molecule has 1 aliphatic rings. The van der Waals surface area contributed by atoms with Crippen LogP contribution in [0.15, 0.2) is 48.8 Å². The highest BCUT2D eigenvalue weighted by Crippen LogP contribution is 2.32. The van der Waals surface area contributed by atoms with Crippen molar-refractivity contribution in [2.75, 3.05) is 13.1 Å². The number of benzene rings is 1. The zero-order valence-corrected chi connectivity index (χ0v) is 17.7. The first-order valence-corrected chi connectivity index (χ1v) is 10.7. The lowest BCUT2D eigenvalue weighted by atomic mass is 9.96. The SMILES string of the molecule is Cc1cccn2cc(C(=O)N3CCC[C@@H](c4nc5ccccc5n4C(C)C)C3)nc12. The lowest BCUT2D eigenvalue weighted by Gasteiger charge is -2.32. The van der Waals surface area contributed by atoms with Gasteiger partial charge in [0.1, 0.15) is 17.2 Å². The van der Waals surface area contributed by atoms with Crippen molar-refractivity contribution in [2.24, 2.45) is 0 Å². The van der Waals surface area contributed by atoms with E-state index in [2.05, 4.69) is 41.6 Å². The average molecular weight is 402 g/mol. The Morgan fingerprint density at radius 3 is 2.77 bits per heavy atom. The van der Waals surface area contributed by atoms with Gasteiger partial charge in [0.25, 0.3) is 5.91 Å². The number of amides is 1. The van der Waals surface area contributed by atoms with Gasteiger partial charge in [-0.2, -0.15) is 0 Å². The molecule has 30 heavy (non-hydrogen) atoms. The van der Waals surface area contributed by atoms with Crippen molar-refractivity contribution in [1.29, 1.82) is 0 Å². The van der Waals surface area contributed by atoms with E-state index >= 15 is 0 Å². The standard InChI is InChI=1S/C24H27N5O/c1-16(2)29-21-11-5-4-10-19(21)25-23(29)18-9-7-13-28(14-18)24(30)20-15-27-12-6-8-17(3)22(27)26-20/h4-6,8,10-12,15-16,18H,7,9,13-14H2,1-3H3/t18-/m1/s1. The molecule has 0 N–H and O–H groups in total. The maximum Gasteiger partial charge on any atom is 0.274 e. The van der Waals surface area contributed by atoms with Crippen molar-refractivity contribution in [3.05, 3.63) is 65.9 Å². The van der Waals surface area contributed by atoms with Crippen LogP contribution < -0.4 is 0 Å². The third kappa shape index (κ3) is 3.07. The van der Waals surface area contributed by atoms with Crippen LogP contribution in [-0.2, 0) is 0 Å². The summed E-state index contributed by atoms with van der Waals surface area (Å²) in [7, 11) is 0. The van der Waals surface area contributed by atoms with E-state index in [1.165, 1.54) is 5.52 Å². The second kappa shape index (κ2) is 7.27. The van der Waals surface area contributed by atoms with E-state index in [4.69, 9.17) is 4.98 Å². The Morgan fingerprint density at radius 1 is 1.13 bits per heavy atom. The van der Waals surface area contributed by atoms with Crippen molar-refractivity contribution in [3.63, 3.8) is 0 Å². The van der Waals surface area contributed by atoms with Gasteiger partial charge in [-0.1, -0.05) is 18.2 Å². The Morgan fingerprint density at radius 2 is 1.97 bits per heavy atom. The molecule has 4 heterocycles. The lowest BCUT2D eigenvalue weighted by molar-refractivity contribution is 0.0698. The summed E-state index contributed by atoms with van der Waals surface area (Å²) in [5.41, 5.74) is 4.62. The van der Waals surface area contributed by atoms with E-state index in [1.54, 1.807) is 0 Å². The predicted molar refractivity (Wildman–Crippen MR) is 118 cm³/mol. The number of carbonyl (C=O) groups is 1. The number of nitrogens with zero attached hydrogens (tertiary/aromatic N) is 5. The van der Waals surface area contributed by atoms with Crippen LogP contribution in [0.5, 0.6) is 0 Å². The number of piperidine rings is 1. The molecule has 1 aliphatic heterocycles. The number of aryl methyl sites for hydroxylation is 1. The third-order valence-electron chi connectivity index (χ3n) is 6.11. The summed E-state index contributed by atoms with van der Waals surface area (Å²) in [5.74, 6) is 1.33. The van der Waals surface area contributed by atoms with Crippen molar-refractivity contribution < 1.29 is 4.79 Å². The second-order valence-electron chi connectivity index (χ2n) is 8.56. The molecule has 0 aliphatic carbocycles. The zero-order chi connectivity index (χ0) is 20.8. The largest absolute Gasteiger partial charge is 0.337 e. The summed E-state index contributed by atoms with van der Waals surface area (Å²) in [5, 5.41) is 0. The molecular weight excluding hydrogens is 374 g/mol. The highest BCUT2D eigenvalue weighted by atomic mass is 16.2. The van der Waals surface area contributed by atoms with Gasteiger partial charge in [-0.15, -0.1) is 0 Å². The minimum Gasteiger partial charge on any atom is -0.337 e. The van der Waals surface area contributed by atoms with Crippen LogP contribution in [0.1, 0.15) is 60.5 Å². The normalized spacial score (nSPS) is 17.3. The molecule has 6 heteroatoms. The van der Waals surface area contributed by atoms with Crippen LogP contribution in [0.25, 0.3) is 16.7 Å². The van der Waals surface area contributed by atoms with E-state index in [-0.39, 0.29) is 11.8 Å². The fourth-order valence-corrected chi connectivity index (χ4v) is 4.68. The number of pyridine rings is 1. The highest BCUT2D eigenvalue weighted by molar-refractivity contribution is 5.93. The first kappa shape index (κ1) is 18.9. The quantitative estimate of drug-likeness (QED) is 0.504. The molecule has 1 fully saturated rings. The Bertz CT molecular complexity index is 1240. The topological polar surface area (TPSA) is 55.4 Å². The van der Waals surface area contributed by atoms with E-state index in [0.717, 1.165) is 41.9 Å². The molecule has 1 amide bonds. The summed E-state index contributed by atoms with van der Waals surface area (Å²) >= 11 is 0. The predicted octanol–water partition coefficient (Wildman–Crippen LogP) is 4.59. The summed E-state index contributed by atoms with van der Waals surface area (Å²) in [6, 6.07) is 12.6. The van der Waals surface area contributed by atoms with Gasteiger partial charge in [0.2, 0.25) is 0 Å². The third-order valence-corrected chi connectivity index (χ3v) is 6.11. The van der Waals surface area contributed by atoms with Crippen molar-refractivity contribution in [1.82, 2.24) is 23.8 Å². The highest BCUT2D eigenvalue weighted by Gasteiger charge is 2.30. The van der Waals surface area contributed by atoms with Gasteiger partial charge in [0.05, 0.1) is 11.0 Å². The molecule has 3 aromatic heterocycles. The Hall–Kier alpha value is -3.15. The summed E-state index contributed by atoms with van der Waals surface area (Å²) in [6.07, 6.45) is 5.81. The molecule has 0 saturated carbocycles. The zero-order valence-electron chi connectivity index (χ0n) is 17.7. The number of hydrogen-bond acceptors (Lipinski definition) is 3. The molecule has 0 bridgehead atoms. The number of imidazole rings is 2. The number of likely N-dealkylation sites (tertiary alicyclic amines) is 1. The maximum atomic E-state index is 13.3. The van der Waals surface area contributed by atoms with Crippen LogP contribution in [0.2, 0.25) is 0 Å². The fraction of sp³-hybridized carbons (Fsp3) is 0.375. The summed E-state index contributed by atoms with van der Waals surface area (Å²) in [4.78, 5) is 24.8. The average Bonchev–Trinajstić information content (AvgIpc) is 3.36. The lowest BCUT2D eigenvalue weighted by Crippen LogP contribution is -2.40. The molecule has 0 spiro atoms. The Balaban J connectivity index is 1.46. The summed E-state index contributed by atoms with van der Waals surface area (Å²) < 4.78 is 4.27. The van der Waals surface area contributed by atoms with Gasteiger partial charge in [0.15, 0.2) is 0 Å². The molecule has 154 valence electrons. The van der Waals surface area contributed by atoms with Crippen molar-refractivity contribution in [3.8, 4) is 0 Å². The minimum absolute atomic E-state index is 0.00927. The van der Waals surface area contributed by atoms with Gasteiger partial charge in [-0.25, -0.2) is 9.97 Å². The number of hydrogen-bond donors (Lipinski definition) is 0. The molecule has 6 nitrogen and oxygen atoms in total. The fourth-order valence-electron chi connectivity index (χ4n) is 4.68.